The summed E-state index contributed by atoms with van der Waals surface area (Å²) in [5.41, 5.74) is 4.34. The van der Waals surface area contributed by atoms with Gasteiger partial charge in [-0.2, -0.15) is 0 Å². The van der Waals surface area contributed by atoms with Crippen LogP contribution in [-0.2, 0) is 18.5 Å². The van der Waals surface area contributed by atoms with Crippen LogP contribution in [0.5, 0.6) is 0 Å². The van der Waals surface area contributed by atoms with Gasteiger partial charge in [-0.05, 0) is 39.9 Å². The second-order valence-corrected chi connectivity index (χ2v) is 7.73. The first-order valence-electron chi connectivity index (χ1n) is 8.69. The monoisotopic (exact) mass is 317 g/mol. The van der Waals surface area contributed by atoms with Crippen LogP contribution < -0.4 is 0 Å². The van der Waals surface area contributed by atoms with Crippen LogP contribution in [0, 0.1) is 0 Å². The minimum Gasteiger partial charge on any atom is -0.298 e. The summed E-state index contributed by atoms with van der Waals surface area (Å²) in [5.74, 6) is 0. The Balaban J connectivity index is 1.90. The van der Waals surface area contributed by atoms with Gasteiger partial charge in [-0.25, -0.2) is 0 Å². The van der Waals surface area contributed by atoms with Crippen molar-refractivity contribution in [2.45, 2.75) is 39.3 Å². The lowest BCUT2D eigenvalue weighted by Gasteiger charge is -2.24. The van der Waals surface area contributed by atoms with Crippen molar-refractivity contribution in [3.8, 4) is 0 Å². The number of rotatable bonds is 4. The maximum Gasteiger partial charge on any atom is 0.0240 e. The van der Waals surface area contributed by atoms with Crippen LogP contribution in [0.4, 0.5) is 0 Å². The second-order valence-electron chi connectivity index (χ2n) is 7.73. The van der Waals surface area contributed by atoms with E-state index >= 15 is 0 Å². The normalized spacial score (nSPS) is 12.0. The quantitative estimate of drug-likeness (QED) is 0.590. The summed E-state index contributed by atoms with van der Waals surface area (Å²) < 4.78 is 0. The third kappa shape index (κ3) is 3.68. The molecule has 3 aromatic rings. The fourth-order valence-electron chi connectivity index (χ4n) is 3.40. The van der Waals surface area contributed by atoms with Crippen LogP contribution in [0.1, 0.15) is 37.5 Å². The molecule has 3 aromatic carbocycles. The van der Waals surface area contributed by atoms with Crippen molar-refractivity contribution in [3.05, 3.63) is 83.4 Å². The SMILES string of the molecule is CN(Cc1ccccc1)Cc1ccc(C(C)(C)C)c2ccccc12. The molecule has 24 heavy (non-hydrogen) atoms. The van der Waals surface area contributed by atoms with Crippen molar-refractivity contribution in [1.82, 2.24) is 4.90 Å². The molecule has 0 fully saturated rings. The molecule has 0 atom stereocenters. The second kappa shape index (κ2) is 6.78. The van der Waals surface area contributed by atoms with Gasteiger partial charge in [-0.15, -0.1) is 0 Å². The summed E-state index contributed by atoms with van der Waals surface area (Å²) >= 11 is 0. The van der Waals surface area contributed by atoms with Gasteiger partial charge in [0.1, 0.15) is 0 Å². The van der Waals surface area contributed by atoms with E-state index in [0.29, 0.717) is 0 Å². The lowest BCUT2D eigenvalue weighted by Crippen LogP contribution is -2.18. The molecule has 1 heteroatoms. The van der Waals surface area contributed by atoms with Gasteiger partial charge >= 0.3 is 0 Å². The molecule has 0 unspecified atom stereocenters. The topological polar surface area (TPSA) is 3.24 Å². The summed E-state index contributed by atoms with van der Waals surface area (Å²) in [4.78, 5) is 2.38. The van der Waals surface area contributed by atoms with Gasteiger partial charge in [0.2, 0.25) is 0 Å². The highest BCUT2D eigenvalue weighted by Gasteiger charge is 2.18. The van der Waals surface area contributed by atoms with E-state index in [-0.39, 0.29) is 5.41 Å². The smallest absolute Gasteiger partial charge is 0.0240 e. The number of nitrogens with zero attached hydrogens (tertiary/aromatic N) is 1. The molecule has 0 aromatic heterocycles. The van der Waals surface area contributed by atoms with Gasteiger partial charge in [0.25, 0.3) is 0 Å². The average molecular weight is 317 g/mol. The Hall–Kier alpha value is -2.12. The molecular formula is C23H27N. The first kappa shape index (κ1) is 16.7. The van der Waals surface area contributed by atoms with Crippen molar-refractivity contribution in [2.75, 3.05) is 7.05 Å². The molecule has 0 amide bonds. The standard InChI is InChI=1S/C23H27N/c1-23(2,3)22-15-14-19(20-12-8-9-13-21(20)22)17-24(4)16-18-10-6-5-7-11-18/h5-15H,16-17H2,1-4H3. The molecule has 124 valence electrons. The lowest BCUT2D eigenvalue weighted by atomic mass is 9.82. The molecule has 0 saturated carbocycles. The highest BCUT2D eigenvalue weighted by molar-refractivity contribution is 5.89. The summed E-state index contributed by atoms with van der Waals surface area (Å²) in [5, 5.41) is 2.76. The van der Waals surface area contributed by atoms with Crippen LogP contribution >= 0.6 is 0 Å². The first-order chi connectivity index (χ1) is 11.4. The largest absolute Gasteiger partial charge is 0.298 e. The predicted molar refractivity (Wildman–Crippen MR) is 104 cm³/mol. The van der Waals surface area contributed by atoms with Crippen LogP contribution in [-0.4, -0.2) is 11.9 Å². The van der Waals surface area contributed by atoms with Gasteiger partial charge < -0.3 is 0 Å². The van der Waals surface area contributed by atoms with E-state index in [2.05, 4.69) is 99.4 Å². The van der Waals surface area contributed by atoms with E-state index in [0.717, 1.165) is 13.1 Å². The molecule has 0 aliphatic carbocycles. The van der Waals surface area contributed by atoms with E-state index in [1.807, 2.05) is 0 Å². The van der Waals surface area contributed by atoms with Crippen molar-refractivity contribution in [2.24, 2.45) is 0 Å². The zero-order chi connectivity index (χ0) is 17.2. The zero-order valence-electron chi connectivity index (χ0n) is 15.2. The van der Waals surface area contributed by atoms with Crippen LogP contribution in [0.25, 0.3) is 10.8 Å². The Bertz CT molecular complexity index is 812. The summed E-state index contributed by atoms with van der Waals surface area (Å²) in [7, 11) is 2.19. The molecule has 0 N–H and O–H groups in total. The van der Waals surface area contributed by atoms with E-state index in [1.165, 1.54) is 27.5 Å². The Morgan fingerprint density at radius 3 is 2.00 bits per heavy atom. The van der Waals surface area contributed by atoms with Crippen molar-refractivity contribution < 1.29 is 0 Å². The summed E-state index contributed by atoms with van der Waals surface area (Å²) in [6.07, 6.45) is 0. The van der Waals surface area contributed by atoms with Crippen molar-refractivity contribution in [1.29, 1.82) is 0 Å². The van der Waals surface area contributed by atoms with Gasteiger partial charge in [0.15, 0.2) is 0 Å². The van der Waals surface area contributed by atoms with E-state index in [9.17, 15) is 0 Å². The van der Waals surface area contributed by atoms with Gasteiger partial charge in [0, 0.05) is 13.1 Å². The van der Waals surface area contributed by atoms with Crippen molar-refractivity contribution in [3.63, 3.8) is 0 Å². The molecule has 0 aliphatic heterocycles. The number of fused-ring (bicyclic) bond motifs is 1. The highest BCUT2D eigenvalue weighted by Crippen LogP contribution is 2.32. The third-order valence-corrected chi connectivity index (χ3v) is 4.56. The lowest BCUT2D eigenvalue weighted by molar-refractivity contribution is 0.320. The van der Waals surface area contributed by atoms with E-state index in [1.54, 1.807) is 0 Å². The van der Waals surface area contributed by atoms with Crippen LogP contribution in [0.2, 0.25) is 0 Å². The van der Waals surface area contributed by atoms with Gasteiger partial charge in [-0.3, -0.25) is 4.90 Å². The fraction of sp³-hybridized carbons (Fsp3) is 0.304. The molecule has 0 spiro atoms. The number of hydrogen-bond acceptors (Lipinski definition) is 1. The Kier molecular flexibility index (Phi) is 4.73. The maximum atomic E-state index is 2.38. The maximum absolute atomic E-state index is 2.38. The number of benzene rings is 3. The minimum absolute atomic E-state index is 0.161. The van der Waals surface area contributed by atoms with Gasteiger partial charge in [-0.1, -0.05) is 87.5 Å². The fourth-order valence-corrected chi connectivity index (χ4v) is 3.40. The van der Waals surface area contributed by atoms with Gasteiger partial charge in [0.05, 0.1) is 0 Å². The highest BCUT2D eigenvalue weighted by atomic mass is 15.1. The Labute approximate surface area is 145 Å². The molecule has 1 nitrogen and oxygen atoms in total. The van der Waals surface area contributed by atoms with Crippen LogP contribution in [0.3, 0.4) is 0 Å². The molecule has 3 rings (SSSR count). The summed E-state index contributed by atoms with van der Waals surface area (Å²) in [6.45, 7) is 8.79. The van der Waals surface area contributed by atoms with Crippen LogP contribution in [0.15, 0.2) is 66.7 Å². The molecule has 0 radical (unpaired) electrons. The number of hydrogen-bond donors (Lipinski definition) is 0. The molecular weight excluding hydrogens is 290 g/mol. The Morgan fingerprint density at radius 1 is 0.708 bits per heavy atom. The molecule has 0 heterocycles. The predicted octanol–water partition coefficient (Wildman–Crippen LogP) is 5.77. The molecule has 0 bridgehead atoms. The minimum atomic E-state index is 0.161. The molecule has 0 saturated heterocycles. The summed E-state index contributed by atoms with van der Waals surface area (Å²) in [6, 6.07) is 24.1. The first-order valence-corrected chi connectivity index (χ1v) is 8.69. The zero-order valence-corrected chi connectivity index (χ0v) is 15.2. The average Bonchev–Trinajstić information content (AvgIpc) is 2.55. The molecule has 0 aliphatic rings. The van der Waals surface area contributed by atoms with E-state index < -0.39 is 0 Å². The van der Waals surface area contributed by atoms with Crippen molar-refractivity contribution >= 4 is 10.8 Å². The third-order valence-electron chi connectivity index (χ3n) is 4.56. The van der Waals surface area contributed by atoms with E-state index in [4.69, 9.17) is 0 Å². The Morgan fingerprint density at radius 2 is 1.33 bits per heavy atom.